The third-order valence-electron chi connectivity index (χ3n) is 5.69. The summed E-state index contributed by atoms with van der Waals surface area (Å²) in [6.45, 7) is 6.05. The molecule has 5 rings (SSSR count). The maximum absolute atomic E-state index is 12.8. The van der Waals surface area contributed by atoms with E-state index in [0.29, 0.717) is 11.1 Å². The van der Waals surface area contributed by atoms with Gasteiger partial charge in [0.2, 0.25) is 0 Å². The Morgan fingerprint density at radius 1 is 0.897 bits per heavy atom. The summed E-state index contributed by atoms with van der Waals surface area (Å²) in [6.07, 6.45) is -0.349. The number of nitrogens with one attached hydrogen (secondary N) is 2. The van der Waals surface area contributed by atoms with Crippen molar-refractivity contribution in [3.63, 3.8) is 0 Å². The molecule has 0 amide bonds. The van der Waals surface area contributed by atoms with Crippen LogP contribution in [0.15, 0.2) is 69.9 Å². The summed E-state index contributed by atoms with van der Waals surface area (Å²) < 4.78 is 5.72. The van der Waals surface area contributed by atoms with Crippen molar-refractivity contribution in [2.45, 2.75) is 20.0 Å². The van der Waals surface area contributed by atoms with E-state index in [2.05, 4.69) is 47.6 Å². The third kappa shape index (κ3) is 2.90. The Kier molecular flexibility index (Phi) is 4.16. The Morgan fingerprint density at radius 3 is 2.24 bits per heavy atom. The van der Waals surface area contributed by atoms with Gasteiger partial charge in [0.15, 0.2) is 0 Å². The maximum atomic E-state index is 12.8. The molecule has 29 heavy (non-hydrogen) atoms. The van der Waals surface area contributed by atoms with E-state index in [1.807, 2.05) is 42.5 Å². The highest BCUT2D eigenvalue weighted by atomic mass is 16.4. The zero-order valence-corrected chi connectivity index (χ0v) is 16.5. The lowest BCUT2D eigenvalue weighted by Crippen LogP contribution is -2.28. The average molecular weight is 385 g/mol. The molecule has 0 spiro atoms. The van der Waals surface area contributed by atoms with Gasteiger partial charge in [-0.3, -0.25) is 0 Å². The first kappa shape index (κ1) is 17.6. The molecule has 0 radical (unpaired) electrons. The van der Waals surface area contributed by atoms with Crippen molar-refractivity contribution in [1.82, 2.24) is 0 Å². The summed E-state index contributed by atoms with van der Waals surface area (Å²) in [6, 6.07) is 20.3. The van der Waals surface area contributed by atoms with Gasteiger partial charge in [-0.05, 0) is 49.6 Å². The smallest absolute Gasteiger partial charge is 0.343 e. The van der Waals surface area contributed by atoms with Crippen LogP contribution in [-0.2, 0) is 0 Å². The SMILES string of the molecule is CCN(CC)c1ccc2cc(C3Nc4cccc5cccc(c45)N3)c(=O)oc2c1. The summed E-state index contributed by atoms with van der Waals surface area (Å²) in [5.74, 6) is 0. The van der Waals surface area contributed by atoms with E-state index in [4.69, 9.17) is 4.42 Å². The molecule has 2 N–H and O–H groups in total. The Balaban J connectivity index is 1.56. The van der Waals surface area contributed by atoms with E-state index >= 15 is 0 Å². The fraction of sp³-hybridized carbons (Fsp3) is 0.208. The van der Waals surface area contributed by atoms with Crippen LogP contribution in [0.5, 0.6) is 0 Å². The maximum Gasteiger partial charge on any atom is 0.343 e. The van der Waals surface area contributed by atoms with Gasteiger partial charge in [-0.25, -0.2) is 4.79 Å². The van der Waals surface area contributed by atoms with Crippen molar-refractivity contribution in [2.75, 3.05) is 28.6 Å². The molecule has 5 heteroatoms. The summed E-state index contributed by atoms with van der Waals surface area (Å²) >= 11 is 0. The molecule has 146 valence electrons. The Morgan fingerprint density at radius 2 is 1.59 bits per heavy atom. The zero-order valence-electron chi connectivity index (χ0n) is 16.5. The molecule has 4 aromatic rings. The molecule has 0 saturated heterocycles. The highest BCUT2D eigenvalue weighted by molar-refractivity contribution is 6.04. The highest BCUT2D eigenvalue weighted by Gasteiger charge is 2.23. The van der Waals surface area contributed by atoms with E-state index < -0.39 is 0 Å². The van der Waals surface area contributed by atoms with Crippen molar-refractivity contribution >= 4 is 38.8 Å². The lowest BCUT2D eigenvalue weighted by molar-refractivity contribution is 0.546. The monoisotopic (exact) mass is 385 g/mol. The van der Waals surface area contributed by atoms with Crippen molar-refractivity contribution < 1.29 is 4.42 Å². The lowest BCUT2D eigenvalue weighted by atomic mass is 10.0. The first-order valence-corrected chi connectivity index (χ1v) is 10.1. The molecular weight excluding hydrogens is 362 g/mol. The van der Waals surface area contributed by atoms with Crippen LogP contribution in [0.1, 0.15) is 25.6 Å². The van der Waals surface area contributed by atoms with E-state index in [0.717, 1.165) is 46.3 Å². The second-order valence-electron chi connectivity index (χ2n) is 7.31. The largest absolute Gasteiger partial charge is 0.422 e. The summed E-state index contributed by atoms with van der Waals surface area (Å²) in [5.41, 5.74) is 3.94. The normalized spacial score (nSPS) is 13.3. The molecule has 2 heterocycles. The molecule has 0 unspecified atom stereocenters. The molecule has 3 aromatic carbocycles. The van der Waals surface area contributed by atoms with Gasteiger partial charge in [0.1, 0.15) is 11.7 Å². The standard InChI is InChI=1S/C24H23N3O2/c1-3-27(4-2)17-12-11-16-13-18(24(28)29-21(16)14-17)23-25-19-9-5-7-15-8-6-10-20(26-23)22(15)19/h5-14,23,25-26H,3-4H2,1-2H3. The fourth-order valence-corrected chi connectivity index (χ4v) is 4.19. The van der Waals surface area contributed by atoms with Gasteiger partial charge in [0.25, 0.3) is 0 Å². The van der Waals surface area contributed by atoms with Crippen LogP contribution in [0.2, 0.25) is 0 Å². The third-order valence-corrected chi connectivity index (χ3v) is 5.69. The number of hydrogen-bond donors (Lipinski definition) is 2. The number of fused-ring (bicyclic) bond motifs is 1. The first-order chi connectivity index (χ1) is 14.2. The number of nitrogens with zero attached hydrogens (tertiary/aromatic N) is 1. The number of hydrogen-bond acceptors (Lipinski definition) is 5. The Hall–Kier alpha value is -3.47. The molecule has 1 aromatic heterocycles. The van der Waals surface area contributed by atoms with Crippen molar-refractivity contribution in [1.29, 1.82) is 0 Å². The van der Waals surface area contributed by atoms with Gasteiger partial charge in [-0.15, -0.1) is 0 Å². The van der Waals surface area contributed by atoms with Crippen LogP contribution in [0.25, 0.3) is 21.7 Å². The minimum Gasteiger partial charge on any atom is -0.422 e. The second-order valence-corrected chi connectivity index (χ2v) is 7.31. The molecule has 0 fully saturated rings. The van der Waals surface area contributed by atoms with Crippen LogP contribution in [0, 0.1) is 0 Å². The van der Waals surface area contributed by atoms with Gasteiger partial charge >= 0.3 is 5.63 Å². The average Bonchev–Trinajstić information content (AvgIpc) is 2.74. The van der Waals surface area contributed by atoms with Crippen LogP contribution >= 0.6 is 0 Å². The Bertz CT molecular complexity index is 1230. The zero-order chi connectivity index (χ0) is 20.0. The van der Waals surface area contributed by atoms with E-state index in [1.165, 1.54) is 0 Å². The summed E-state index contributed by atoms with van der Waals surface area (Å²) in [4.78, 5) is 15.1. The first-order valence-electron chi connectivity index (χ1n) is 10.1. The number of anilines is 3. The molecule has 1 aliphatic rings. The molecule has 0 saturated carbocycles. The van der Waals surface area contributed by atoms with Crippen LogP contribution < -0.4 is 21.2 Å². The Labute approximate surface area is 168 Å². The summed E-state index contributed by atoms with van der Waals surface area (Å²) in [7, 11) is 0. The second kappa shape index (κ2) is 6.85. The van der Waals surface area contributed by atoms with E-state index in [9.17, 15) is 4.79 Å². The minimum absolute atomic E-state index is 0.328. The number of benzene rings is 3. The predicted molar refractivity (Wildman–Crippen MR) is 120 cm³/mol. The van der Waals surface area contributed by atoms with Crippen molar-refractivity contribution in [3.8, 4) is 0 Å². The number of rotatable bonds is 4. The van der Waals surface area contributed by atoms with Gasteiger partial charge < -0.3 is 20.0 Å². The molecule has 1 aliphatic heterocycles. The topological polar surface area (TPSA) is 57.5 Å². The van der Waals surface area contributed by atoms with Crippen molar-refractivity contribution in [3.05, 3.63) is 76.6 Å². The van der Waals surface area contributed by atoms with Gasteiger partial charge in [0.05, 0.1) is 5.56 Å². The van der Waals surface area contributed by atoms with Gasteiger partial charge in [-0.2, -0.15) is 0 Å². The van der Waals surface area contributed by atoms with Gasteiger partial charge in [0, 0.05) is 47.0 Å². The summed E-state index contributed by atoms with van der Waals surface area (Å²) in [5, 5.41) is 10.1. The predicted octanol–water partition coefficient (Wildman–Crippen LogP) is 5.33. The quantitative estimate of drug-likeness (QED) is 0.465. The lowest BCUT2D eigenvalue weighted by Gasteiger charge is -2.29. The molecular formula is C24H23N3O2. The molecule has 0 aliphatic carbocycles. The van der Waals surface area contributed by atoms with Crippen LogP contribution in [0.3, 0.4) is 0 Å². The molecule has 0 bridgehead atoms. The van der Waals surface area contributed by atoms with Crippen molar-refractivity contribution in [2.24, 2.45) is 0 Å². The fourth-order valence-electron chi connectivity index (χ4n) is 4.19. The van der Waals surface area contributed by atoms with E-state index in [-0.39, 0.29) is 11.8 Å². The van der Waals surface area contributed by atoms with Crippen LogP contribution in [0.4, 0.5) is 17.1 Å². The molecule has 0 atom stereocenters. The van der Waals surface area contributed by atoms with Crippen LogP contribution in [-0.4, -0.2) is 13.1 Å². The van der Waals surface area contributed by atoms with Gasteiger partial charge in [-0.1, -0.05) is 24.3 Å². The molecule has 5 nitrogen and oxygen atoms in total. The highest BCUT2D eigenvalue weighted by Crippen LogP contribution is 2.38. The minimum atomic E-state index is -0.349. The van der Waals surface area contributed by atoms with E-state index in [1.54, 1.807) is 0 Å².